The van der Waals surface area contributed by atoms with Crippen LogP contribution in [0.3, 0.4) is 0 Å². The molecular formula is C27H29N5OS. The van der Waals surface area contributed by atoms with Crippen LogP contribution in [0.4, 0.5) is 22.2 Å². The van der Waals surface area contributed by atoms with E-state index in [2.05, 4.69) is 34.4 Å². The van der Waals surface area contributed by atoms with Crippen LogP contribution in [0.1, 0.15) is 46.5 Å². The summed E-state index contributed by atoms with van der Waals surface area (Å²) in [6.07, 6.45) is 5.12. The Kier molecular flexibility index (Phi) is 6.93. The highest BCUT2D eigenvalue weighted by Crippen LogP contribution is 2.30. The van der Waals surface area contributed by atoms with Gasteiger partial charge in [-0.1, -0.05) is 19.9 Å². The summed E-state index contributed by atoms with van der Waals surface area (Å²) in [5.41, 5.74) is 15.3. The monoisotopic (exact) mass is 471 g/mol. The number of rotatable bonds is 7. The summed E-state index contributed by atoms with van der Waals surface area (Å²) < 4.78 is 0. The molecule has 0 unspecified atom stereocenters. The summed E-state index contributed by atoms with van der Waals surface area (Å²) in [4.78, 5) is 22.1. The van der Waals surface area contributed by atoms with Gasteiger partial charge in [0, 0.05) is 46.0 Å². The van der Waals surface area contributed by atoms with Crippen molar-refractivity contribution in [3.8, 4) is 11.3 Å². The average Bonchev–Trinajstić information content (AvgIpc) is 3.31. The number of nitrogens with two attached hydrogens (primary N) is 1. The highest BCUT2D eigenvalue weighted by Gasteiger charge is 2.17. The minimum absolute atomic E-state index is 0.134. The number of nitrogens with zero attached hydrogens (tertiary/aromatic N) is 2. The lowest BCUT2D eigenvalue weighted by molar-refractivity contribution is 0.102. The summed E-state index contributed by atoms with van der Waals surface area (Å²) in [6, 6.07) is 11.6. The third kappa shape index (κ3) is 4.79. The zero-order valence-corrected chi connectivity index (χ0v) is 20.7. The van der Waals surface area contributed by atoms with Crippen LogP contribution < -0.4 is 16.4 Å². The Morgan fingerprint density at radius 1 is 1.12 bits per heavy atom. The maximum atomic E-state index is 13.2. The molecule has 4 N–H and O–H groups in total. The minimum Gasteiger partial charge on any atom is -0.398 e. The molecular weight excluding hydrogens is 442 g/mol. The van der Waals surface area contributed by atoms with E-state index in [-0.39, 0.29) is 5.91 Å². The molecule has 0 aliphatic carbocycles. The normalized spacial score (nSPS) is 10.8. The Morgan fingerprint density at radius 3 is 2.65 bits per heavy atom. The molecule has 0 saturated heterocycles. The fourth-order valence-electron chi connectivity index (χ4n) is 4.03. The van der Waals surface area contributed by atoms with E-state index in [1.807, 2.05) is 55.6 Å². The molecule has 2 aromatic carbocycles. The molecule has 2 heterocycles. The first-order valence-corrected chi connectivity index (χ1v) is 12.2. The molecule has 34 heavy (non-hydrogen) atoms. The predicted octanol–water partition coefficient (Wildman–Crippen LogP) is 6.52. The number of aromatic nitrogens is 2. The lowest BCUT2D eigenvalue weighted by atomic mass is 9.93. The zero-order valence-electron chi connectivity index (χ0n) is 19.9. The number of hydrogen-bond donors (Lipinski definition) is 3. The van der Waals surface area contributed by atoms with Crippen molar-refractivity contribution in [2.24, 2.45) is 0 Å². The van der Waals surface area contributed by atoms with Gasteiger partial charge >= 0.3 is 0 Å². The van der Waals surface area contributed by atoms with E-state index < -0.39 is 0 Å². The van der Waals surface area contributed by atoms with E-state index in [1.54, 1.807) is 12.4 Å². The molecule has 0 spiro atoms. The SMILES string of the molecule is CCc1cc(C(=O)Nc2ccc(C)c(Nc3nc(-c4cccnc4)cs3)c2)c(C)c(CC)c1N. The van der Waals surface area contributed by atoms with Crippen LogP contribution in [0, 0.1) is 13.8 Å². The number of pyridine rings is 1. The first kappa shape index (κ1) is 23.4. The van der Waals surface area contributed by atoms with E-state index in [0.29, 0.717) is 5.56 Å². The Balaban J connectivity index is 1.56. The first-order valence-electron chi connectivity index (χ1n) is 11.4. The standard InChI is InChI=1S/C27H29N5OS/c1-5-18-12-22(17(4)21(6-2)25(18)28)26(33)30-20-10-9-16(3)23(13-20)31-27-32-24(15-34-27)19-8-7-11-29-14-19/h7-15H,5-6,28H2,1-4H3,(H,30,33)(H,31,32). The highest BCUT2D eigenvalue weighted by molar-refractivity contribution is 7.14. The van der Waals surface area contributed by atoms with Gasteiger partial charge in [0.2, 0.25) is 0 Å². The lowest BCUT2D eigenvalue weighted by Gasteiger charge is -2.17. The molecule has 2 aromatic heterocycles. The number of aryl methyl sites for hydroxylation is 2. The van der Waals surface area contributed by atoms with Crippen molar-refractivity contribution in [1.82, 2.24) is 9.97 Å². The maximum Gasteiger partial charge on any atom is 0.255 e. The number of hydrogen-bond acceptors (Lipinski definition) is 6. The predicted molar refractivity (Wildman–Crippen MR) is 142 cm³/mol. The Hall–Kier alpha value is -3.71. The van der Waals surface area contributed by atoms with Crippen molar-refractivity contribution in [3.05, 3.63) is 82.0 Å². The molecule has 0 aliphatic heterocycles. The molecule has 4 aromatic rings. The van der Waals surface area contributed by atoms with Crippen LogP contribution in [0.15, 0.2) is 54.2 Å². The van der Waals surface area contributed by atoms with Gasteiger partial charge < -0.3 is 16.4 Å². The third-order valence-corrected chi connectivity index (χ3v) is 6.78. The van der Waals surface area contributed by atoms with Gasteiger partial charge in [-0.15, -0.1) is 11.3 Å². The summed E-state index contributed by atoms with van der Waals surface area (Å²) in [5, 5.41) is 9.23. The van der Waals surface area contributed by atoms with Crippen molar-refractivity contribution in [3.63, 3.8) is 0 Å². The van der Waals surface area contributed by atoms with Crippen LogP contribution in [-0.4, -0.2) is 15.9 Å². The highest BCUT2D eigenvalue weighted by atomic mass is 32.1. The number of nitrogens with one attached hydrogen (secondary N) is 2. The molecule has 6 nitrogen and oxygen atoms in total. The molecule has 4 rings (SSSR count). The second-order valence-electron chi connectivity index (χ2n) is 8.20. The summed E-state index contributed by atoms with van der Waals surface area (Å²) in [6.45, 7) is 8.11. The van der Waals surface area contributed by atoms with Crippen molar-refractivity contribution < 1.29 is 4.79 Å². The maximum absolute atomic E-state index is 13.2. The van der Waals surface area contributed by atoms with Gasteiger partial charge in [0.15, 0.2) is 5.13 Å². The number of anilines is 4. The number of thiazole rings is 1. The number of carbonyl (C=O) groups excluding carboxylic acids is 1. The number of amides is 1. The summed E-state index contributed by atoms with van der Waals surface area (Å²) in [5.74, 6) is -0.134. The molecule has 0 radical (unpaired) electrons. The number of nitrogen functional groups attached to an aromatic ring is 1. The Morgan fingerprint density at radius 2 is 1.94 bits per heavy atom. The largest absolute Gasteiger partial charge is 0.398 e. The molecule has 0 aliphatic rings. The Labute approximate surface area is 204 Å². The van der Waals surface area contributed by atoms with Gasteiger partial charge in [-0.05, 0) is 79.3 Å². The van der Waals surface area contributed by atoms with Crippen molar-refractivity contribution >= 4 is 39.4 Å². The van der Waals surface area contributed by atoms with Gasteiger partial charge in [-0.3, -0.25) is 9.78 Å². The van der Waals surface area contributed by atoms with Crippen molar-refractivity contribution in [2.45, 2.75) is 40.5 Å². The zero-order chi connectivity index (χ0) is 24.2. The van der Waals surface area contributed by atoms with Crippen LogP contribution in [0.25, 0.3) is 11.3 Å². The second-order valence-corrected chi connectivity index (χ2v) is 9.05. The molecule has 0 fully saturated rings. The van der Waals surface area contributed by atoms with E-state index in [1.165, 1.54) is 11.3 Å². The van der Waals surface area contributed by atoms with Gasteiger partial charge in [-0.25, -0.2) is 4.98 Å². The van der Waals surface area contributed by atoms with Crippen LogP contribution in [-0.2, 0) is 12.8 Å². The average molecular weight is 472 g/mol. The molecule has 0 bridgehead atoms. The number of carbonyl (C=O) groups is 1. The van der Waals surface area contributed by atoms with E-state index in [9.17, 15) is 4.79 Å². The van der Waals surface area contributed by atoms with E-state index in [0.717, 1.165) is 68.5 Å². The van der Waals surface area contributed by atoms with E-state index >= 15 is 0 Å². The fourth-order valence-corrected chi connectivity index (χ4v) is 4.76. The smallest absolute Gasteiger partial charge is 0.255 e. The quantitative estimate of drug-likeness (QED) is 0.267. The number of benzene rings is 2. The Bertz CT molecular complexity index is 1330. The van der Waals surface area contributed by atoms with Gasteiger partial charge in [-0.2, -0.15) is 0 Å². The van der Waals surface area contributed by atoms with E-state index in [4.69, 9.17) is 5.73 Å². The van der Waals surface area contributed by atoms with Crippen molar-refractivity contribution in [1.29, 1.82) is 0 Å². The van der Waals surface area contributed by atoms with Gasteiger partial charge in [0.25, 0.3) is 5.91 Å². The van der Waals surface area contributed by atoms with Gasteiger partial charge in [0.05, 0.1) is 5.69 Å². The topological polar surface area (TPSA) is 92.9 Å². The van der Waals surface area contributed by atoms with Crippen LogP contribution in [0.5, 0.6) is 0 Å². The fraction of sp³-hybridized carbons (Fsp3) is 0.222. The molecule has 0 atom stereocenters. The molecule has 0 saturated carbocycles. The van der Waals surface area contributed by atoms with Gasteiger partial charge in [0.1, 0.15) is 0 Å². The summed E-state index contributed by atoms with van der Waals surface area (Å²) in [7, 11) is 0. The molecule has 1 amide bonds. The van der Waals surface area contributed by atoms with Crippen molar-refractivity contribution in [2.75, 3.05) is 16.4 Å². The van der Waals surface area contributed by atoms with Crippen LogP contribution >= 0.6 is 11.3 Å². The molecule has 174 valence electrons. The second kappa shape index (κ2) is 10.1. The lowest BCUT2D eigenvalue weighted by Crippen LogP contribution is -2.16. The summed E-state index contributed by atoms with van der Waals surface area (Å²) >= 11 is 1.53. The first-order chi connectivity index (χ1) is 16.4. The molecule has 7 heteroatoms. The van der Waals surface area contributed by atoms with Crippen LogP contribution in [0.2, 0.25) is 0 Å². The minimum atomic E-state index is -0.134. The third-order valence-electron chi connectivity index (χ3n) is 6.02.